The highest BCUT2D eigenvalue weighted by molar-refractivity contribution is 8.14. The zero-order valence-electron chi connectivity index (χ0n) is 17.3. The molecule has 0 spiro atoms. The summed E-state index contributed by atoms with van der Waals surface area (Å²) < 4.78 is 17.6. The summed E-state index contributed by atoms with van der Waals surface area (Å²) in [5, 5.41) is 0.359. The van der Waals surface area contributed by atoms with Crippen molar-refractivity contribution < 1.29 is 18.1 Å². The number of hydrogen-bond acceptors (Lipinski definition) is 6. The van der Waals surface area contributed by atoms with Crippen molar-refractivity contribution in [3.05, 3.63) is 0 Å². The summed E-state index contributed by atoms with van der Waals surface area (Å²) in [6.07, 6.45) is 7.83. The van der Waals surface area contributed by atoms with Crippen molar-refractivity contribution in [3.63, 3.8) is 0 Å². The summed E-state index contributed by atoms with van der Waals surface area (Å²) in [5.74, 6) is 3.01. The molecule has 0 bridgehead atoms. The first-order valence-corrected chi connectivity index (χ1v) is 14.4. The van der Waals surface area contributed by atoms with Crippen LogP contribution in [-0.2, 0) is 18.1 Å². The van der Waals surface area contributed by atoms with Crippen molar-refractivity contribution in [3.8, 4) is 0 Å². The molecule has 0 aliphatic rings. The van der Waals surface area contributed by atoms with Gasteiger partial charge in [0.15, 0.2) is 5.12 Å². The van der Waals surface area contributed by atoms with Crippen molar-refractivity contribution in [1.29, 1.82) is 0 Å². The summed E-state index contributed by atoms with van der Waals surface area (Å²) in [6, 6.07) is 0.874. The molecule has 0 rings (SSSR count). The van der Waals surface area contributed by atoms with Crippen molar-refractivity contribution in [2.24, 2.45) is 0 Å². The Labute approximate surface area is 171 Å². The van der Waals surface area contributed by atoms with E-state index in [1.165, 1.54) is 37.4 Å². The van der Waals surface area contributed by atoms with Gasteiger partial charge in [0.05, 0.1) is 0 Å². The average molecular weight is 425 g/mol. The molecule has 0 unspecified atom stereocenters. The highest BCUT2D eigenvalue weighted by atomic mass is 32.2. The van der Waals surface area contributed by atoms with Crippen LogP contribution < -0.4 is 0 Å². The van der Waals surface area contributed by atoms with Crippen LogP contribution in [0.1, 0.15) is 72.6 Å². The SMILES string of the molecule is CCCCCCCC(=O)SCCSCCC[Si](OCC)(OCC)OCC. The Hall–Kier alpha value is 0.467. The normalized spacial score (nSPS) is 11.8. The summed E-state index contributed by atoms with van der Waals surface area (Å²) in [5.41, 5.74) is 0. The largest absolute Gasteiger partial charge is 0.500 e. The number of carbonyl (C=O) groups is 1. The predicted octanol–water partition coefficient (Wildman–Crippen LogP) is 5.78. The Bertz CT molecular complexity index is 316. The van der Waals surface area contributed by atoms with Crippen LogP contribution >= 0.6 is 23.5 Å². The maximum absolute atomic E-state index is 11.8. The second-order valence-electron chi connectivity index (χ2n) is 6.08. The van der Waals surface area contributed by atoms with Crippen molar-refractivity contribution in [1.82, 2.24) is 0 Å². The third kappa shape index (κ3) is 14.5. The van der Waals surface area contributed by atoms with Crippen LogP contribution in [0.4, 0.5) is 0 Å². The van der Waals surface area contributed by atoms with Gasteiger partial charge in [0.2, 0.25) is 0 Å². The molecule has 0 aromatic heterocycles. The minimum Gasteiger partial charge on any atom is -0.374 e. The highest BCUT2D eigenvalue weighted by Gasteiger charge is 2.39. The van der Waals surface area contributed by atoms with Gasteiger partial charge in [-0.05, 0) is 39.4 Å². The first-order valence-electron chi connectivity index (χ1n) is 10.3. The van der Waals surface area contributed by atoms with Gasteiger partial charge in [0.1, 0.15) is 0 Å². The van der Waals surface area contributed by atoms with E-state index in [1.807, 2.05) is 32.5 Å². The van der Waals surface area contributed by atoms with Gasteiger partial charge in [-0.15, -0.1) is 0 Å². The number of unbranched alkanes of at least 4 members (excludes halogenated alkanes) is 4. The zero-order chi connectivity index (χ0) is 19.5. The smallest absolute Gasteiger partial charge is 0.374 e. The standard InChI is InChI=1S/C19H40O4S2Si/c1-5-9-10-11-12-14-19(20)25-17-16-24-15-13-18-26(21-6-2,22-7-3)23-8-4/h5-18H2,1-4H3. The van der Waals surface area contributed by atoms with Gasteiger partial charge in [-0.3, -0.25) is 4.79 Å². The molecule has 0 fully saturated rings. The number of carbonyl (C=O) groups excluding carboxylic acids is 1. The fraction of sp³-hybridized carbons (Fsp3) is 0.947. The second-order valence-corrected chi connectivity index (χ2v) is 11.2. The molecule has 0 saturated carbocycles. The molecule has 0 heterocycles. The lowest BCUT2D eigenvalue weighted by atomic mass is 10.1. The molecule has 0 N–H and O–H groups in total. The Morgan fingerprint density at radius 2 is 1.38 bits per heavy atom. The molecule has 0 aromatic rings. The molecular formula is C19H40O4S2Si. The van der Waals surface area contributed by atoms with Crippen molar-refractivity contribution in [2.45, 2.75) is 78.7 Å². The number of hydrogen-bond donors (Lipinski definition) is 0. The third-order valence-electron chi connectivity index (χ3n) is 3.84. The van der Waals surface area contributed by atoms with Crippen molar-refractivity contribution in [2.75, 3.05) is 37.1 Å². The van der Waals surface area contributed by atoms with Gasteiger partial charge < -0.3 is 13.3 Å². The van der Waals surface area contributed by atoms with Crippen LogP contribution in [0, 0.1) is 0 Å². The molecule has 4 nitrogen and oxygen atoms in total. The van der Waals surface area contributed by atoms with Crippen molar-refractivity contribution >= 4 is 37.4 Å². The first kappa shape index (κ1) is 26.5. The average Bonchev–Trinajstić information content (AvgIpc) is 2.61. The minimum absolute atomic E-state index is 0.359. The van der Waals surface area contributed by atoms with E-state index in [0.29, 0.717) is 24.9 Å². The Morgan fingerprint density at radius 3 is 1.96 bits per heavy atom. The zero-order valence-corrected chi connectivity index (χ0v) is 20.0. The molecule has 7 heteroatoms. The molecule has 0 atom stereocenters. The van der Waals surface area contributed by atoms with E-state index in [2.05, 4.69) is 6.92 Å². The lowest BCUT2D eigenvalue weighted by molar-refractivity contribution is -0.111. The summed E-state index contributed by atoms with van der Waals surface area (Å²) in [6.45, 7) is 10.1. The van der Waals surface area contributed by atoms with Crippen LogP contribution in [-0.4, -0.2) is 51.0 Å². The van der Waals surface area contributed by atoms with Crippen LogP contribution in [0.5, 0.6) is 0 Å². The topological polar surface area (TPSA) is 44.8 Å². The second kappa shape index (κ2) is 18.8. The van der Waals surface area contributed by atoms with Crippen LogP contribution in [0.15, 0.2) is 0 Å². The van der Waals surface area contributed by atoms with Gasteiger partial charge in [-0.1, -0.05) is 44.4 Å². The molecule has 156 valence electrons. The fourth-order valence-corrected chi connectivity index (χ4v) is 7.40. The molecule has 0 amide bonds. The fourth-order valence-electron chi connectivity index (χ4n) is 2.65. The maximum Gasteiger partial charge on any atom is 0.500 e. The van der Waals surface area contributed by atoms with E-state index in [4.69, 9.17) is 13.3 Å². The molecule has 26 heavy (non-hydrogen) atoms. The van der Waals surface area contributed by atoms with Gasteiger partial charge in [-0.25, -0.2) is 0 Å². The van der Waals surface area contributed by atoms with Gasteiger partial charge >= 0.3 is 8.80 Å². The summed E-state index contributed by atoms with van der Waals surface area (Å²) in [7, 11) is -2.48. The molecule has 0 aliphatic heterocycles. The monoisotopic (exact) mass is 424 g/mol. The molecule has 0 aromatic carbocycles. The molecule has 0 saturated heterocycles. The molecular weight excluding hydrogens is 384 g/mol. The van der Waals surface area contributed by atoms with Crippen LogP contribution in [0.3, 0.4) is 0 Å². The van der Waals surface area contributed by atoms with Gasteiger partial charge in [0, 0.05) is 43.8 Å². The predicted molar refractivity (Wildman–Crippen MR) is 118 cm³/mol. The molecule has 0 radical (unpaired) electrons. The lowest BCUT2D eigenvalue weighted by Crippen LogP contribution is -2.46. The van der Waals surface area contributed by atoms with Crippen LogP contribution in [0.2, 0.25) is 6.04 Å². The summed E-state index contributed by atoms with van der Waals surface area (Å²) in [4.78, 5) is 11.8. The van der Waals surface area contributed by atoms with Gasteiger partial charge in [0.25, 0.3) is 0 Å². The Balaban J connectivity index is 3.73. The first-order chi connectivity index (χ1) is 12.6. The van der Waals surface area contributed by atoms with E-state index in [-0.39, 0.29) is 0 Å². The van der Waals surface area contributed by atoms with E-state index >= 15 is 0 Å². The van der Waals surface area contributed by atoms with E-state index < -0.39 is 8.80 Å². The quantitative estimate of drug-likeness (QED) is 0.193. The Morgan fingerprint density at radius 1 is 0.769 bits per heavy atom. The van der Waals surface area contributed by atoms with Gasteiger partial charge in [-0.2, -0.15) is 11.8 Å². The van der Waals surface area contributed by atoms with E-state index in [0.717, 1.165) is 42.6 Å². The van der Waals surface area contributed by atoms with Crippen LogP contribution in [0.25, 0.3) is 0 Å². The maximum atomic E-state index is 11.8. The third-order valence-corrected chi connectivity index (χ3v) is 9.25. The minimum atomic E-state index is -2.48. The Kier molecular flexibility index (Phi) is 19.2. The van der Waals surface area contributed by atoms with E-state index in [1.54, 1.807) is 0 Å². The highest BCUT2D eigenvalue weighted by Crippen LogP contribution is 2.20. The number of rotatable bonds is 19. The summed E-state index contributed by atoms with van der Waals surface area (Å²) >= 11 is 3.41. The van der Waals surface area contributed by atoms with E-state index in [9.17, 15) is 4.79 Å². The number of thioether (sulfide) groups is 2. The molecule has 0 aliphatic carbocycles. The lowest BCUT2D eigenvalue weighted by Gasteiger charge is -2.28.